The van der Waals surface area contributed by atoms with Crippen LogP contribution in [0.1, 0.15) is 16.7 Å². The van der Waals surface area contributed by atoms with Crippen LogP contribution < -0.4 is 4.74 Å². The van der Waals surface area contributed by atoms with Crippen LogP contribution in [-0.2, 0) is 12.8 Å². The van der Waals surface area contributed by atoms with Gasteiger partial charge in [-0.15, -0.1) is 0 Å². The molecule has 2 aromatic carbocycles. The Morgan fingerprint density at radius 1 is 1.10 bits per heavy atom. The Balaban J connectivity index is 1.78. The normalized spacial score (nSPS) is 15.3. The van der Waals surface area contributed by atoms with Crippen molar-refractivity contribution >= 4 is 5.52 Å². The van der Waals surface area contributed by atoms with E-state index in [9.17, 15) is 5.11 Å². The summed E-state index contributed by atoms with van der Waals surface area (Å²) in [5.74, 6) is 0.488. The predicted molar refractivity (Wildman–Crippen MR) is 109 cm³/mol. The van der Waals surface area contributed by atoms with Crippen LogP contribution >= 0.6 is 0 Å². The first-order valence-electron chi connectivity index (χ1n) is 9.38. The number of aliphatic hydroxyl groups excluding tert-OH is 1. The zero-order valence-corrected chi connectivity index (χ0v) is 15.8. The third kappa shape index (κ3) is 2.84. The van der Waals surface area contributed by atoms with E-state index in [2.05, 4.69) is 29.3 Å². The number of aromatic nitrogens is 3. The van der Waals surface area contributed by atoms with Gasteiger partial charge in [-0.25, -0.2) is 9.97 Å². The highest BCUT2D eigenvalue weighted by atomic mass is 16.5. The van der Waals surface area contributed by atoms with E-state index < -0.39 is 0 Å². The molecule has 1 aliphatic rings. The van der Waals surface area contributed by atoms with Crippen LogP contribution in [0.15, 0.2) is 55.0 Å². The van der Waals surface area contributed by atoms with Crippen LogP contribution in [-0.4, -0.2) is 32.7 Å². The molecule has 0 fully saturated rings. The number of fused-ring (bicyclic) bond motifs is 2. The van der Waals surface area contributed by atoms with Gasteiger partial charge >= 0.3 is 0 Å². The Morgan fingerprint density at radius 3 is 2.62 bits per heavy atom. The second-order valence-electron chi connectivity index (χ2n) is 7.20. The molecular weight excluding hydrogens is 364 g/mol. The summed E-state index contributed by atoms with van der Waals surface area (Å²) in [5.41, 5.74) is 7.23. The van der Waals surface area contributed by atoms with Crippen LogP contribution in [0, 0.1) is 11.3 Å². The average molecular weight is 382 g/mol. The summed E-state index contributed by atoms with van der Waals surface area (Å²) in [6, 6.07) is 15.8. The summed E-state index contributed by atoms with van der Waals surface area (Å²) < 4.78 is 7.49. The minimum Gasteiger partial charge on any atom is -0.479 e. The van der Waals surface area contributed by atoms with Gasteiger partial charge in [0.05, 0.1) is 48.8 Å². The Bertz CT molecular complexity index is 1270. The van der Waals surface area contributed by atoms with Crippen molar-refractivity contribution in [1.82, 2.24) is 14.4 Å². The standard InChI is InChI=1S/C23H18N4O2/c1-29-23-20-12-25-13-27(20)22(17-7-6-16-9-19(28)10-18(16)8-17)21(26-23)15-4-2-14(11-24)3-5-15/h2-8,12-13,19,28H,9-10H2,1H3. The lowest BCUT2D eigenvalue weighted by atomic mass is 9.99. The van der Waals surface area contributed by atoms with Gasteiger partial charge < -0.3 is 9.84 Å². The van der Waals surface area contributed by atoms with Gasteiger partial charge in [-0.1, -0.05) is 24.3 Å². The maximum Gasteiger partial charge on any atom is 0.240 e. The Hall–Kier alpha value is -3.69. The topological polar surface area (TPSA) is 83.4 Å². The number of hydrogen-bond donors (Lipinski definition) is 1. The molecule has 142 valence electrons. The van der Waals surface area contributed by atoms with Gasteiger partial charge in [0, 0.05) is 11.1 Å². The summed E-state index contributed by atoms with van der Waals surface area (Å²) in [6.07, 6.45) is 4.52. The molecule has 4 aromatic rings. The molecule has 0 spiro atoms. The zero-order chi connectivity index (χ0) is 20.0. The molecular formula is C23H18N4O2. The molecule has 0 bridgehead atoms. The van der Waals surface area contributed by atoms with Gasteiger partial charge in [0.25, 0.3) is 0 Å². The van der Waals surface area contributed by atoms with E-state index in [1.807, 2.05) is 16.5 Å². The van der Waals surface area contributed by atoms with E-state index >= 15 is 0 Å². The summed E-state index contributed by atoms with van der Waals surface area (Å²) >= 11 is 0. The molecule has 1 atom stereocenters. The Morgan fingerprint density at radius 2 is 1.86 bits per heavy atom. The lowest BCUT2D eigenvalue weighted by molar-refractivity contribution is 0.187. The molecule has 1 aliphatic carbocycles. The lowest BCUT2D eigenvalue weighted by Gasteiger charge is -2.15. The molecule has 0 amide bonds. The quantitative estimate of drug-likeness (QED) is 0.587. The molecule has 6 heteroatoms. The van der Waals surface area contributed by atoms with Gasteiger partial charge in [-0.05, 0) is 42.2 Å². The smallest absolute Gasteiger partial charge is 0.240 e. The van der Waals surface area contributed by atoms with Crippen molar-refractivity contribution in [2.75, 3.05) is 7.11 Å². The van der Waals surface area contributed by atoms with Crippen molar-refractivity contribution in [2.45, 2.75) is 18.9 Å². The first-order chi connectivity index (χ1) is 14.2. The van der Waals surface area contributed by atoms with Gasteiger partial charge in [-0.3, -0.25) is 4.40 Å². The van der Waals surface area contributed by atoms with E-state index in [1.165, 1.54) is 5.56 Å². The first kappa shape index (κ1) is 17.4. The number of hydrogen-bond acceptors (Lipinski definition) is 5. The highest BCUT2D eigenvalue weighted by Crippen LogP contribution is 2.36. The molecule has 0 saturated heterocycles. The molecule has 2 aromatic heterocycles. The highest BCUT2D eigenvalue weighted by molar-refractivity contribution is 5.82. The van der Waals surface area contributed by atoms with Crippen molar-refractivity contribution in [1.29, 1.82) is 5.26 Å². The van der Waals surface area contributed by atoms with Crippen LogP contribution in [0.2, 0.25) is 0 Å². The third-order valence-electron chi connectivity index (χ3n) is 5.41. The molecule has 0 aliphatic heterocycles. The molecule has 29 heavy (non-hydrogen) atoms. The number of nitrogens with zero attached hydrogens (tertiary/aromatic N) is 4. The Labute approximate surface area is 167 Å². The number of imidazole rings is 1. The maximum atomic E-state index is 10.0. The van der Waals surface area contributed by atoms with Gasteiger partial charge in [0.1, 0.15) is 5.52 Å². The summed E-state index contributed by atoms with van der Waals surface area (Å²) in [4.78, 5) is 9.09. The fourth-order valence-corrected chi connectivity index (χ4v) is 4.03. The Kier molecular flexibility index (Phi) is 4.04. The maximum absolute atomic E-state index is 10.0. The van der Waals surface area contributed by atoms with Crippen LogP contribution in [0.4, 0.5) is 0 Å². The zero-order valence-electron chi connectivity index (χ0n) is 15.8. The van der Waals surface area contributed by atoms with Crippen molar-refractivity contribution in [3.05, 3.63) is 71.7 Å². The van der Waals surface area contributed by atoms with Gasteiger partial charge in [0.15, 0.2) is 0 Å². The lowest BCUT2D eigenvalue weighted by Crippen LogP contribution is -2.03. The molecule has 1 unspecified atom stereocenters. The molecule has 2 heterocycles. The van der Waals surface area contributed by atoms with Crippen molar-refractivity contribution in [3.63, 3.8) is 0 Å². The summed E-state index contributed by atoms with van der Waals surface area (Å²) in [7, 11) is 1.59. The fraction of sp³-hybridized carbons (Fsp3) is 0.174. The van der Waals surface area contributed by atoms with E-state index in [1.54, 1.807) is 31.8 Å². The number of methoxy groups -OCH3 is 1. The molecule has 0 saturated carbocycles. The highest BCUT2D eigenvalue weighted by Gasteiger charge is 2.22. The minimum absolute atomic E-state index is 0.319. The third-order valence-corrected chi connectivity index (χ3v) is 5.41. The first-order valence-corrected chi connectivity index (χ1v) is 9.38. The van der Waals surface area contributed by atoms with Gasteiger partial charge in [0.2, 0.25) is 5.88 Å². The van der Waals surface area contributed by atoms with E-state index in [4.69, 9.17) is 15.0 Å². The summed E-state index contributed by atoms with van der Waals surface area (Å²) in [5, 5.41) is 19.2. The number of rotatable bonds is 3. The largest absolute Gasteiger partial charge is 0.479 e. The van der Waals surface area contributed by atoms with E-state index in [0.29, 0.717) is 24.3 Å². The van der Waals surface area contributed by atoms with Crippen molar-refractivity contribution in [2.24, 2.45) is 0 Å². The second-order valence-corrected chi connectivity index (χ2v) is 7.20. The minimum atomic E-state index is -0.319. The summed E-state index contributed by atoms with van der Waals surface area (Å²) in [6.45, 7) is 0. The molecule has 1 N–H and O–H groups in total. The SMILES string of the molecule is COc1nc(-c2ccc(C#N)cc2)c(-c2ccc3c(c2)CC(O)C3)n2cncc12. The van der Waals surface area contributed by atoms with Crippen molar-refractivity contribution in [3.8, 4) is 34.5 Å². The molecule has 5 rings (SSSR count). The molecule has 6 nitrogen and oxygen atoms in total. The number of aliphatic hydroxyl groups is 1. The number of nitriles is 1. The van der Waals surface area contributed by atoms with Crippen LogP contribution in [0.5, 0.6) is 5.88 Å². The average Bonchev–Trinajstić information content (AvgIpc) is 3.38. The van der Waals surface area contributed by atoms with E-state index in [0.717, 1.165) is 33.6 Å². The van der Waals surface area contributed by atoms with E-state index in [-0.39, 0.29) is 6.10 Å². The van der Waals surface area contributed by atoms with Crippen LogP contribution in [0.25, 0.3) is 28.0 Å². The monoisotopic (exact) mass is 382 g/mol. The van der Waals surface area contributed by atoms with Crippen molar-refractivity contribution < 1.29 is 9.84 Å². The number of benzene rings is 2. The fourth-order valence-electron chi connectivity index (χ4n) is 4.03. The molecule has 0 radical (unpaired) electrons. The second kappa shape index (κ2) is 6.73. The van der Waals surface area contributed by atoms with Crippen LogP contribution in [0.3, 0.4) is 0 Å². The predicted octanol–water partition coefficient (Wildman–Crippen LogP) is 3.40. The van der Waals surface area contributed by atoms with Gasteiger partial charge in [-0.2, -0.15) is 5.26 Å². The number of ether oxygens (including phenoxy) is 1.